The van der Waals surface area contributed by atoms with Crippen molar-refractivity contribution in [3.8, 4) is 0 Å². The first-order valence-electron chi connectivity index (χ1n) is 10.00. The lowest BCUT2D eigenvalue weighted by Crippen LogP contribution is -2.22. The highest BCUT2D eigenvalue weighted by Gasteiger charge is 2.39. The van der Waals surface area contributed by atoms with Gasteiger partial charge in [0.05, 0.1) is 16.7 Å². The van der Waals surface area contributed by atoms with E-state index in [0.29, 0.717) is 25.3 Å². The van der Waals surface area contributed by atoms with E-state index in [1.165, 1.54) is 0 Å². The van der Waals surface area contributed by atoms with Crippen LogP contribution in [0, 0.1) is 0 Å². The summed E-state index contributed by atoms with van der Waals surface area (Å²) in [5, 5.41) is 0. The molecule has 0 radical (unpaired) electrons. The Bertz CT molecular complexity index is 637. The first-order chi connectivity index (χ1) is 13.5. The van der Waals surface area contributed by atoms with Crippen molar-refractivity contribution in [1.29, 1.82) is 0 Å². The largest absolute Gasteiger partial charge is 0.459 e. The van der Waals surface area contributed by atoms with Gasteiger partial charge in [-0.2, -0.15) is 26.3 Å². The maximum absolute atomic E-state index is 13.2. The molecule has 0 aliphatic rings. The average molecular weight is 426 g/mol. The summed E-state index contributed by atoms with van der Waals surface area (Å²) in [6.07, 6.45) is -2.87. The van der Waals surface area contributed by atoms with Crippen molar-refractivity contribution in [2.24, 2.45) is 0 Å². The second-order valence-electron chi connectivity index (χ2n) is 7.13. The second-order valence-corrected chi connectivity index (χ2v) is 7.13. The summed E-state index contributed by atoms with van der Waals surface area (Å²) >= 11 is 0. The van der Waals surface area contributed by atoms with Gasteiger partial charge in [-0.3, -0.25) is 0 Å². The quantitative estimate of drug-likeness (QED) is 0.205. The molecule has 29 heavy (non-hydrogen) atoms. The van der Waals surface area contributed by atoms with Crippen molar-refractivity contribution in [2.75, 3.05) is 0 Å². The first kappa shape index (κ1) is 25.3. The van der Waals surface area contributed by atoms with E-state index in [4.69, 9.17) is 4.74 Å². The minimum atomic E-state index is -4.96. The van der Waals surface area contributed by atoms with Crippen LogP contribution >= 0.6 is 0 Å². The van der Waals surface area contributed by atoms with Gasteiger partial charge in [0.15, 0.2) is 0 Å². The van der Waals surface area contributed by atoms with Crippen molar-refractivity contribution < 1.29 is 35.9 Å². The Labute approximate surface area is 167 Å². The minimum absolute atomic E-state index is 0.221. The topological polar surface area (TPSA) is 26.3 Å². The van der Waals surface area contributed by atoms with Gasteiger partial charge in [-0.1, -0.05) is 52.4 Å². The molecule has 0 bridgehead atoms. The number of ether oxygens (including phenoxy) is 1. The third kappa shape index (κ3) is 8.66. The molecule has 0 spiro atoms. The minimum Gasteiger partial charge on any atom is -0.459 e. The molecule has 1 atom stereocenters. The Kier molecular flexibility index (Phi) is 10.00. The maximum atomic E-state index is 13.2. The molecule has 1 aromatic carbocycles. The van der Waals surface area contributed by atoms with Crippen LogP contribution in [0.3, 0.4) is 0 Å². The Morgan fingerprint density at radius 2 is 1.48 bits per heavy atom. The van der Waals surface area contributed by atoms with E-state index in [1.807, 2.05) is 6.92 Å². The van der Waals surface area contributed by atoms with E-state index in [2.05, 4.69) is 6.92 Å². The monoisotopic (exact) mass is 426 g/mol. The third-order valence-corrected chi connectivity index (χ3v) is 4.64. The first-order valence-corrected chi connectivity index (χ1v) is 10.00. The predicted molar refractivity (Wildman–Crippen MR) is 98.6 cm³/mol. The molecule has 0 saturated carbocycles. The molecule has 0 aliphatic heterocycles. The van der Waals surface area contributed by atoms with Crippen LogP contribution in [0.5, 0.6) is 0 Å². The fourth-order valence-corrected chi connectivity index (χ4v) is 3.09. The molecule has 0 saturated heterocycles. The molecular formula is C21H28F6O2. The van der Waals surface area contributed by atoms with E-state index < -0.39 is 41.1 Å². The molecular weight excluding hydrogens is 398 g/mol. The smallest absolute Gasteiger partial charge is 0.417 e. The van der Waals surface area contributed by atoms with E-state index in [0.717, 1.165) is 38.5 Å². The fourth-order valence-electron chi connectivity index (χ4n) is 3.09. The number of alkyl halides is 6. The SMILES string of the molecule is CCCCCCCCC(CCC)OC(=O)c1cc(C(F)(F)F)ccc1C(F)(F)F. The van der Waals surface area contributed by atoms with Gasteiger partial charge in [0.1, 0.15) is 6.10 Å². The van der Waals surface area contributed by atoms with Crippen LogP contribution in [0.2, 0.25) is 0 Å². The van der Waals surface area contributed by atoms with Crippen molar-refractivity contribution in [3.63, 3.8) is 0 Å². The number of esters is 1. The van der Waals surface area contributed by atoms with Crippen molar-refractivity contribution >= 4 is 5.97 Å². The summed E-state index contributed by atoms with van der Waals surface area (Å²) in [5.74, 6) is -1.37. The van der Waals surface area contributed by atoms with Crippen LogP contribution in [-0.4, -0.2) is 12.1 Å². The average Bonchev–Trinajstić information content (AvgIpc) is 2.62. The predicted octanol–water partition coefficient (Wildman–Crippen LogP) is 7.80. The van der Waals surface area contributed by atoms with Gasteiger partial charge in [-0.05, 0) is 37.5 Å². The number of carbonyl (C=O) groups excluding carboxylic acids is 1. The highest BCUT2D eigenvalue weighted by molar-refractivity contribution is 5.91. The van der Waals surface area contributed by atoms with E-state index >= 15 is 0 Å². The summed E-state index contributed by atoms with van der Waals surface area (Å²) in [7, 11) is 0. The molecule has 8 heteroatoms. The van der Waals surface area contributed by atoms with Crippen molar-refractivity contribution in [2.45, 2.75) is 90.1 Å². The Balaban J connectivity index is 2.92. The summed E-state index contributed by atoms with van der Waals surface area (Å²) in [5.41, 5.74) is -3.85. The van der Waals surface area contributed by atoms with Gasteiger partial charge in [0, 0.05) is 0 Å². The zero-order valence-corrected chi connectivity index (χ0v) is 16.8. The van der Waals surface area contributed by atoms with Gasteiger partial charge in [-0.15, -0.1) is 0 Å². The summed E-state index contributed by atoms with van der Waals surface area (Å²) in [4.78, 5) is 12.4. The van der Waals surface area contributed by atoms with Gasteiger partial charge >= 0.3 is 18.3 Å². The zero-order valence-electron chi connectivity index (χ0n) is 16.8. The molecule has 0 heterocycles. The molecule has 0 aromatic heterocycles. The maximum Gasteiger partial charge on any atom is 0.417 e. The number of hydrogen-bond donors (Lipinski definition) is 0. The summed E-state index contributed by atoms with van der Waals surface area (Å²) in [6, 6.07) is 0.820. The summed E-state index contributed by atoms with van der Waals surface area (Å²) < 4.78 is 83.5. The molecule has 0 aliphatic carbocycles. The zero-order chi connectivity index (χ0) is 22.1. The van der Waals surface area contributed by atoms with E-state index in [9.17, 15) is 31.1 Å². The van der Waals surface area contributed by atoms with Gasteiger partial charge < -0.3 is 4.74 Å². The lowest BCUT2D eigenvalue weighted by atomic mass is 10.0. The van der Waals surface area contributed by atoms with Gasteiger partial charge in [-0.25, -0.2) is 4.79 Å². The standard InChI is InChI=1S/C21H28F6O2/c1-3-5-6-7-8-9-11-16(10-4-2)29-19(28)17-14-15(20(22,23)24)12-13-18(17)21(25,26)27/h12-14,16H,3-11H2,1-2H3. The number of benzene rings is 1. The van der Waals surface area contributed by atoms with Crippen LogP contribution in [0.4, 0.5) is 26.3 Å². The molecule has 0 amide bonds. The Morgan fingerprint density at radius 1 is 0.862 bits per heavy atom. The van der Waals surface area contributed by atoms with Crippen molar-refractivity contribution in [3.05, 3.63) is 34.9 Å². The second kappa shape index (κ2) is 11.5. The lowest BCUT2D eigenvalue weighted by molar-refractivity contribution is -0.141. The number of rotatable bonds is 11. The van der Waals surface area contributed by atoms with Crippen LogP contribution in [-0.2, 0) is 17.1 Å². The molecule has 1 rings (SSSR count). The molecule has 0 fully saturated rings. The van der Waals surface area contributed by atoms with Crippen LogP contribution < -0.4 is 0 Å². The molecule has 2 nitrogen and oxygen atoms in total. The van der Waals surface area contributed by atoms with Gasteiger partial charge in [0.2, 0.25) is 0 Å². The van der Waals surface area contributed by atoms with Crippen molar-refractivity contribution in [1.82, 2.24) is 0 Å². The Morgan fingerprint density at radius 3 is 2.03 bits per heavy atom. The normalized spacial score (nSPS) is 13.4. The highest BCUT2D eigenvalue weighted by Crippen LogP contribution is 2.37. The number of unbranched alkanes of at least 4 members (excludes halogenated alkanes) is 5. The number of carbonyl (C=O) groups is 1. The summed E-state index contributed by atoms with van der Waals surface area (Å²) in [6.45, 7) is 3.94. The molecule has 166 valence electrons. The van der Waals surface area contributed by atoms with Crippen LogP contribution in [0.25, 0.3) is 0 Å². The molecule has 1 unspecified atom stereocenters. The Hall–Kier alpha value is -1.73. The lowest BCUT2D eigenvalue weighted by Gasteiger charge is -2.20. The van der Waals surface area contributed by atoms with E-state index in [1.54, 1.807) is 0 Å². The van der Waals surface area contributed by atoms with Crippen LogP contribution in [0.15, 0.2) is 18.2 Å². The highest BCUT2D eigenvalue weighted by atomic mass is 19.4. The fraction of sp³-hybridized carbons (Fsp3) is 0.667. The molecule has 1 aromatic rings. The van der Waals surface area contributed by atoms with Crippen LogP contribution in [0.1, 0.15) is 93.1 Å². The van der Waals surface area contributed by atoms with Gasteiger partial charge in [0.25, 0.3) is 0 Å². The number of halogens is 6. The van der Waals surface area contributed by atoms with E-state index in [-0.39, 0.29) is 12.1 Å². The number of hydrogen-bond acceptors (Lipinski definition) is 2. The third-order valence-electron chi connectivity index (χ3n) is 4.64. The molecule has 0 N–H and O–H groups in total.